The summed E-state index contributed by atoms with van der Waals surface area (Å²) >= 11 is 0. The number of aromatic nitrogens is 2. The number of phenolic OH excluding ortho intramolecular Hbond substituents is 1. The highest BCUT2D eigenvalue weighted by molar-refractivity contribution is 5.98. The Hall–Kier alpha value is -2.67. The third-order valence-corrected chi connectivity index (χ3v) is 3.59. The number of aryl methyl sites for hydroxylation is 1. The molecule has 7 heteroatoms. The van der Waals surface area contributed by atoms with Crippen LogP contribution in [-0.4, -0.2) is 58.2 Å². The first-order valence-corrected chi connectivity index (χ1v) is 7.38. The standard InChI is InChI=1S/C16H18N4O3/c1-19-11-13(17-10-12-4-2-3-5-14(12)21)15(18-19)16(22)20-6-8-23-9-7-20/h2-5,10-11,21H,6-9H2,1H3. The Labute approximate surface area is 133 Å². The highest BCUT2D eigenvalue weighted by atomic mass is 16.5. The van der Waals surface area contributed by atoms with Gasteiger partial charge in [0.15, 0.2) is 5.69 Å². The van der Waals surface area contributed by atoms with Gasteiger partial charge in [0, 0.05) is 31.9 Å². The lowest BCUT2D eigenvalue weighted by molar-refractivity contribution is 0.0299. The maximum Gasteiger partial charge on any atom is 0.276 e. The maximum atomic E-state index is 12.6. The van der Waals surface area contributed by atoms with Gasteiger partial charge in [0.2, 0.25) is 0 Å². The molecule has 3 rings (SSSR count). The molecule has 1 aliphatic rings. The number of aliphatic imine (C=N–C) groups is 1. The first-order valence-electron chi connectivity index (χ1n) is 7.38. The molecule has 0 unspecified atom stereocenters. The van der Waals surface area contributed by atoms with Gasteiger partial charge < -0.3 is 14.7 Å². The molecule has 23 heavy (non-hydrogen) atoms. The number of nitrogens with zero attached hydrogens (tertiary/aromatic N) is 4. The van der Waals surface area contributed by atoms with Gasteiger partial charge >= 0.3 is 0 Å². The summed E-state index contributed by atoms with van der Waals surface area (Å²) in [5.41, 5.74) is 1.37. The van der Waals surface area contributed by atoms with E-state index in [1.165, 1.54) is 6.21 Å². The normalized spacial score (nSPS) is 15.3. The molecule has 1 aliphatic heterocycles. The van der Waals surface area contributed by atoms with Crippen LogP contribution in [0.1, 0.15) is 16.1 Å². The second-order valence-corrected chi connectivity index (χ2v) is 5.26. The average molecular weight is 314 g/mol. The Balaban J connectivity index is 1.86. The van der Waals surface area contributed by atoms with Crippen LogP contribution >= 0.6 is 0 Å². The highest BCUT2D eigenvalue weighted by Crippen LogP contribution is 2.21. The molecule has 1 aromatic heterocycles. The highest BCUT2D eigenvalue weighted by Gasteiger charge is 2.23. The van der Waals surface area contributed by atoms with Crippen molar-refractivity contribution in [2.24, 2.45) is 12.0 Å². The van der Waals surface area contributed by atoms with Crippen molar-refractivity contribution >= 4 is 17.8 Å². The summed E-state index contributed by atoms with van der Waals surface area (Å²) in [5, 5.41) is 14.0. The molecule has 0 radical (unpaired) electrons. The third kappa shape index (κ3) is 3.40. The van der Waals surface area contributed by atoms with Gasteiger partial charge in [-0.05, 0) is 12.1 Å². The summed E-state index contributed by atoms with van der Waals surface area (Å²) in [5.74, 6) is -0.0143. The number of rotatable bonds is 3. The molecule has 1 amide bonds. The van der Waals surface area contributed by atoms with Crippen LogP contribution in [0.2, 0.25) is 0 Å². The van der Waals surface area contributed by atoms with Crippen molar-refractivity contribution in [2.45, 2.75) is 0 Å². The SMILES string of the molecule is Cn1cc(N=Cc2ccccc2O)c(C(=O)N2CCOCC2)n1. The van der Waals surface area contributed by atoms with Gasteiger partial charge in [-0.2, -0.15) is 5.10 Å². The van der Waals surface area contributed by atoms with Crippen LogP contribution in [0.4, 0.5) is 5.69 Å². The number of para-hydroxylation sites is 1. The topological polar surface area (TPSA) is 80.0 Å². The number of ether oxygens (including phenoxy) is 1. The minimum absolute atomic E-state index is 0.140. The zero-order chi connectivity index (χ0) is 16.2. The summed E-state index contributed by atoms with van der Waals surface area (Å²) in [6, 6.07) is 6.89. The summed E-state index contributed by atoms with van der Waals surface area (Å²) in [7, 11) is 1.75. The number of hydrogen-bond donors (Lipinski definition) is 1. The molecule has 0 spiro atoms. The molecule has 0 bridgehead atoms. The molecule has 0 saturated carbocycles. The predicted molar refractivity (Wildman–Crippen MR) is 85.3 cm³/mol. The zero-order valence-electron chi connectivity index (χ0n) is 12.8. The minimum Gasteiger partial charge on any atom is -0.507 e. The lowest BCUT2D eigenvalue weighted by Gasteiger charge is -2.26. The number of phenols is 1. The summed E-state index contributed by atoms with van der Waals surface area (Å²) in [6.45, 7) is 2.18. The van der Waals surface area contributed by atoms with E-state index in [0.717, 1.165) is 0 Å². The molecular weight excluding hydrogens is 296 g/mol. The van der Waals surface area contributed by atoms with Crippen LogP contribution < -0.4 is 0 Å². The summed E-state index contributed by atoms with van der Waals surface area (Å²) in [6.07, 6.45) is 3.21. The maximum absolute atomic E-state index is 12.6. The number of hydrogen-bond acceptors (Lipinski definition) is 5. The van der Waals surface area contributed by atoms with Crippen LogP contribution in [0.15, 0.2) is 35.5 Å². The second kappa shape index (κ2) is 6.62. The van der Waals surface area contributed by atoms with Gasteiger partial charge in [0.1, 0.15) is 11.4 Å². The van der Waals surface area contributed by atoms with E-state index in [9.17, 15) is 9.90 Å². The van der Waals surface area contributed by atoms with Crippen LogP contribution in [0.25, 0.3) is 0 Å². The first kappa shape index (κ1) is 15.2. The lowest BCUT2D eigenvalue weighted by Crippen LogP contribution is -2.40. The molecule has 120 valence electrons. The largest absolute Gasteiger partial charge is 0.507 e. The smallest absolute Gasteiger partial charge is 0.276 e. The van der Waals surface area contributed by atoms with Crippen molar-refractivity contribution in [1.82, 2.24) is 14.7 Å². The first-order chi connectivity index (χ1) is 11.1. The van der Waals surface area contributed by atoms with Crippen LogP contribution in [0.3, 0.4) is 0 Å². The number of carbonyl (C=O) groups excluding carboxylic acids is 1. The van der Waals surface area contributed by atoms with E-state index < -0.39 is 0 Å². The molecule has 1 fully saturated rings. The van der Waals surface area contributed by atoms with Gasteiger partial charge in [-0.3, -0.25) is 14.5 Å². The van der Waals surface area contributed by atoms with Gasteiger partial charge in [-0.15, -0.1) is 0 Å². The Morgan fingerprint density at radius 2 is 2.09 bits per heavy atom. The van der Waals surface area contributed by atoms with Gasteiger partial charge in [-0.1, -0.05) is 12.1 Å². The fourth-order valence-corrected chi connectivity index (χ4v) is 2.37. The molecule has 0 aliphatic carbocycles. The Kier molecular flexibility index (Phi) is 4.38. The quantitative estimate of drug-likeness (QED) is 0.867. The summed E-state index contributed by atoms with van der Waals surface area (Å²) < 4.78 is 6.82. The number of aromatic hydroxyl groups is 1. The molecule has 1 aromatic carbocycles. The van der Waals surface area contributed by atoms with Crippen molar-refractivity contribution in [2.75, 3.05) is 26.3 Å². The fourth-order valence-electron chi connectivity index (χ4n) is 2.37. The van der Waals surface area contributed by atoms with E-state index in [4.69, 9.17) is 4.74 Å². The molecular formula is C16H18N4O3. The van der Waals surface area contributed by atoms with Crippen LogP contribution in [-0.2, 0) is 11.8 Å². The molecule has 2 aromatic rings. The van der Waals surface area contributed by atoms with E-state index in [-0.39, 0.29) is 11.7 Å². The molecule has 1 saturated heterocycles. The van der Waals surface area contributed by atoms with Gasteiger partial charge in [0.25, 0.3) is 5.91 Å². The van der Waals surface area contributed by atoms with E-state index >= 15 is 0 Å². The van der Waals surface area contributed by atoms with Crippen molar-refractivity contribution < 1.29 is 14.6 Å². The number of benzene rings is 1. The van der Waals surface area contributed by atoms with Crippen molar-refractivity contribution in [3.05, 3.63) is 41.7 Å². The van der Waals surface area contributed by atoms with E-state index in [0.29, 0.717) is 43.2 Å². The Morgan fingerprint density at radius 3 is 2.83 bits per heavy atom. The van der Waals surface area contributed by atoms with E-state index in [2.05, 4.69) is 10.1 Å². The summed E-state index contributed by atoms with van der Waals surface area (Å²) in [4.78, 5) is 18.6. The van der Waals surface area contributed by atoms with Gasteiger partial charge in [0.05, 0.1) is 19.4 Å². The number of carbonyl (C=O) groups is 1. The number of morpholine rings is 1. The molecule has 0 atom stereocenters. The van der Waals surface area contributed by atoms with E-state index in [1.807, 2.05) is 6.07 Å². The lowest BCUT2D eigenvalue weighted by atomic mass is 10.2. The minimum atomic E-state index is -0.154. The Morgan fingerprint density at radius 1 is 1.35 bits per heavy atom. The third-order valence-electron chi connectivity index (χ3n) is 3.59. The van der Waals surface area contributed by atoms with Gasteiger partial charge in [-0.25, -0.2) is 0 Å². The van der Waals surface area contributed by atoms with Crippen molar-refractivity contribution in [3.63, 3.8) is 0 Å². The predicted octanol–water partition coefficient (Wildman–Crippen LogP) is 1.35. The van der Waals surface area contributed by atoms with Crippen molar-refractivity contribution in [1.29, 1.82) is 0 Å². The average Bonchev–Trinajstić information content (AvgIpc) is 2.95. The molecule has 1 N–H and O–H groups in total. The van der Waals surface area contributed by atoms with Crippen molar-refractivity contribution in [3.8, 4) is 5.75 Å². The van der Waals surface area contributed by atoms with Crippen LogP contribution in [0, 0.1) is 0 Å². The monoisotopic (exact) mass is 314 g/mol. The fraction of sp³-hybridized carbons (Fsp3) is 0.312. The molecule has 2 heterocycles. The Bertz CT molecular complexity index is 733. The van der Waals surface area contributed by atoms with Crippen LogP contribution in [0.5, 0.6) is 5.75 Å². The van der Waals surface area contributed by atoms with E-state index in [1.54, 1.807) is 41.0 Å². The molecule has 7 nitrogen and oxygen atoms in total. The number of amides is 1. The second-order valence-electron chi connectivity index (χ2n) is 5.26. The zero-order valence-corrected chi connectivity index (χ0v) is 12.8.